The molecule has 1 aromatic heterocycles. The zero-order chi connectivity index (χ0) is 20.5. The number of carbonyl (C=O) groups excluding carboxylic acids is 2. The number of unbranched alkanes of at least 4 members (excludes halogenated alkanes) is 1. The van der Waals surface area contributed by atoms with Crippen LogP contribution in [0.4, 0.5) is 0 Å². The van der Waals surface area contributed by atoms with Gasteiger partial charge in [-0.3, -0.25) is 9.59 Å². The number of phenols is 1. The molecule has 0 fully saturated rings. The molecule has 0 spiro atoms. The molecule has 1 heterocycles. The van der Waals surface area contributed by atoms with E-state index < -0.39 is 0 Å². The predicted molar refractivity (Wildman–Crippen MR) is 100 cm³/mol. The van der Waals surface area contributed by atoms with Gasteiger partial charge in [-0.05, 0) is 43.0 Å². The number of aromatic nitrogens is 4. The Labute approximate surface area is 163 Å². The fraction of sp³-hybridized carbons (Fsp3) is 0.526. The molecule has 0 saturated carbocycles. The van der Waals surface area contributed by atoms with E-state index in [2.05, 4.69) is 15.4 Å². The topological polar surface area (TPSA) is 116 Å². The Morgan fingerprint density at radius 1 is 1.18 bits per heavy atom. The van der Waals surface area contributed by atoms with Gasteiger partial charge in [-0.1, -0.05) is 6.92 Å². The summed E-state index contributed by atoms with van der Waals surface area (Å²) >= 11 is 0. The number of hydrogen-bond acceptors (Lipinski definition) is 8. The molecule has 0 aliphatic heterocycles. The van der Waals surface area contributed by atoms with Crippen molar-refractivity contribution in [2.75, 3.05) is 13.2 Å². The summed E-state index contributed by atoms with van der Waals surface area (Å²) in [6, 6.07) is 3.19. The molecule has 1 N–H and O–H groups in total. The van der Waals surface area contributed by atoms with Crippen LogP contribution in [0.5, 0.6) is 11.5 Å². The number of nitrogens with zero attached hydrogens (tertiary/aromatic N) is 4. The lowest BCUT2D eigenvalue weighted by Crippen LogP contribution is -2.11. The molecule has 0 unspecified atom stereocenters. The van der Waals surface area contributed by atoms with Crippen molar-refractivity contribution in [3.63, 3.8) is 0 Å². The lowest BCUT2D eigenvalue weighted by atomic mass is 10.0. The number of carbonyl (C=O) groups is 2. The Morgan fingerprint density at radius 2 is 1.96 bits per heavy atom. The summed E-state index contributed by atoms with van der Waals surface area (Å²) in [6.07, 6.45) is 2.96. The molecular weight excluding hydrogens is 364 g/mol. The highest BCUT2D eigenvalue weighted by molar-refractivity contribution is 5.97. The highest BCUT2D eigenvalue weighted by Crippen LogP contribution is 2.29. The van der Waals surface area contributed by atoms with Crippen molar-refractivity contribution in [1.82, 2.24) is 20.2 Å². The number of ether oxygens (including phenoxy) is 2. The smallest absolute Gasteiger partial charge is 0.302 e. The second kappa shape index (κ2) is 10.4. The second-order valence-electron chi connectivity index (χ2n) is 6.33. The highest BCUT2D eigenvalue weighted by atomic mass is 16.5. The number of tetrazole rings is 1. The van der Waals surface area contributed by atoms with Crippen LogP contribution < -0.4 is 4.74 Å². The molecule has 0 aliphatic carbocycles. The average Bonchev–Trinajstić information content (AvgIpc) is 3.08. The first-order valence-corrected chi connectivity index (χ1v) is 9.30. The van der Waals surface area contributed by atoms with Gasteiger partial charge in [0.15, 0.2) is 11.6 Å². The normalized spacial score (nSPS) is 10.7. The Kier molecular flexibility index (Phi) is 7.91. The van der Waals surface area contributed by atoms with Gasteiger partial charge in [0, 0.05) is 19.4 Å². The molecule has 0 amide bonds. The Hall–Kier alpha value is -2.97. The lowest BCUT2D eigenvalue weighted by molar-refractivity contribution is -0.141. The maximum absolute atomic E-state index is 11.5. The molecule has 1 aromatic carbocycles. The van der Waals surface area contributed by atoms with Gasteiger partial charge in [0.2, 0.25) is 0 Å². The van der Waals surface area contributed by atoms with Crippen molar-refractivity contribution in [3.05, 3.63) is 29.1 Å². The van der Waals surface area contributed by atoms with E-state index in [-0.39, 0.29) is 24.1 Å². The third-order valence-corrected chi connectivity index (χ3v) is 4.08. The summed E-state index contributed by atoms with van der Waals surface area (Å²) in [4.78, 5) is 23.7. The van der Waals surface area contributed by atoms with Gasteiger partial charge in [-0.15, -0.1) is 10.2 Å². The zero-order valence-corrected chi connectivity index (χ0v) is 16.5. The SMILES string of the molecule is CCc1cc(C(C)=O)c(O)cc1OCCCCc1nnn(CCOC(C)=O)n1. The molecule has 152 valence electrons. The average molecular weight is 390 g/mol. The van der Waals surface area contributed by atoms with E-state index in [1.807, 2.05) is 6.92 Å². The Balaban J connectivity index is 1.76. The number of rotatable bonds is 11. The van der Waals surface area contributed by atoms with E-state index in [4.69, 9.17) is 9.47 Å². The summed E-state index contributed by atoms with van der Waals surface area (Å²) in [5.74, 6) is 0.650. The van der Waals surface area contributed by atoms with Gasteiger partial charge in [-0.2, -0.15) is 4.80 Å². The number of aromatic hydroxyl groups is 1. The zero-order valence-electron chi connectivity index (χ0n) is 16.5. The summed E-state index contributed by atoms with van der Waals surface area (Å²) in [6.45, 7) is 5.82. The first kappa shape index (κ1) is 21.3. The lowest BCUT2D eigenvalue weighted by Gasteiger charge is -2.12. The third kappa shape index (κ3) is 6.33. The van der Waals surface area contributed by atoms with Gasteiger partial charge in [-0.25, -0.2) is 0 Å². The van der Waals surface area contributed by atoms with Crippen molar-refractivity contribution < 1.29 is 24.2 Å². The maximum atomic E-state index is 11.5. The molecule has 28 heavy (non-hydrogen) atoms. The van der Waals surface area contributed by atoms with E-state index in [0.29, 0.717) is 43.1 Å². The van der Waals surface area contributed by atoms with E-state index in [1.54, 1.807) is 6.07 Å². The third-order valence-electron chi connectivity index (χ3n) is 4.08. The number of phenolic OH excluding ortho intramolecular Hbond substituents is 1. The minimum absolute atomic E-state index is 0.0609. The molecular formula is C19H26N4O5. The predicted octanol–water partition coefficient (Wildman–Crippen LogP) is 2.11. The van der Waals surface area contributed by atoms with Crippen LogP contribution >= 0.6 is 0 Å². The summed E-state index contributed by atoms with van der Waals surface area (Å²) in [5.41, 5.74) is 1.20. The number of Topliss-reactive ketones (excluding diaryl/α,β-unsaturated/α-hetero) is 1. The highest BCUT2D eigenvalue weighted by Gasteiger charge is 2.12. The largest absolute Gasteiger partial charge is 0.507 e. The molecule has 0 radical (unpaired) electrons. The Bertz CT molecular complexity index is 819. The van der Waals surface area contributed by atoms with Gasteiger partial charge in [0.1, 0.15) is 18.1 Å². The number of hydrogen-bond donors (Lipinski definition) is 1. The monoisotopic (exact) mass is 390 g/mol. The van der Waals surface area contributed by atoms with Gasteiger partial charge >= 0.3 is 5.97 Å². The van der Waals surface area contributed by atoms with Crippen molar-refractivity contribution in [3.8, 4) is 11.5 Å². The maximum Gasteiger partial charge on any atom is 0.302 e. The quantitative estimate of drug-likeness (QED) is 0.352. The van der Waals surface area contributed by atoms with Crippen molar-refractivity contribution in [2.24, 2.45) is 0 Å². The molecule has 0 bridgehead atoms. The van der Waals surface area contributed by atoms with Crippen molar-refractivity contribution in [2.45, 2.75) is 53.0 Å². The molecule has 0 aliphatic rings. The van der Waals surface area contributed by atoms with Crippen LogP contribution in [0.3, 0.4) is 0 Å². The molecule has 2 aromatic rings. The van der Waals surface area contributed by atoms with E-state index in [0.717, 1.165) is 18.4 Å². The van der Waals surface area contributed by atoms with E-state index in [1.165, 1.54) is 24.7 Å². The minimum atomic E-state index is -0.337. The summed E-state index contributed by atoms with van der Waals surface area (Å²) < 4.78 is 10.6. The number of benzene rings is 1. The van der Waals surface area contributed by atoms with Crippen LogP contribution in [-0.2, 0) is 28.9 Å². The van der Waals surface area contributed by atoms with Crippen LogP contribution in [0, 0.1) is 0 Å². The fourth-order valence-corrected chi connectivity index (χ4v) is 2.62. The minimum Gasteiger partial charge on any atom is -0.507 e. The van der Waals surface area contributed by atoms with Crippen LogP contribution in [0.15, 0.2) is 12.1 Å². The number of ketones is 1. The molecule has 9 nitrogen and oxygen atoms in total. The van der Waals surface area contributed by atoms with E-state index >= 15 is 0 Å². The molecule has 9 heteroatoms. The second-order valence-corrected chi connectivity index (χ2v) is 6.33. The summed E-state index contributed by atoms with van der Waals surface area (Å²) in [5, 5.41) is 22.1. The summed E-state index contributed by atoms with van der Waals surface area (Å²) in [7, 11) is 0. The number of esters is 1. The molecule has 0 saturated heterocycles. The van der Waals surface area contributed by atoms with Gasteiger partial charge in [0.05, 0.1) is 18.7 Å². The molecule has 2 rings (SSSR count). The number of aryl methyl sites for hydroxylation is 2. The van der Waals surface area contributed by atoms with Crippen molar-refractivity contribution in [1.29, 1.82) is 0 Å². The van der Waals surface area contributed by atoms with Crippen molar-refractivity contribution >= 4 is 11.8 Å². The molecule has 0 atom stereocenters. The van der Waals surface area contributed by atoms with Crippen LogP contribution in [0.25, 0.3) is 0 Å². The van der Waals surface area contributed by atoms with Crippen LogP contribution in [0.1, 0.15) is 55.4 Å². The standard InChI is InChI=1S/C19H26N4O5/c1-4-15-11-16(13(2)24)17(26)12-18(15)28-9-6-5-7-19-20-22-23(21-19)8-10-27-14(3)25/h11-12,26H,4-10H2,1-3H3. The van der Waals surface area contributed by atoms with Gasteiger partial charge in [0.25, 0.3) is 0 Å². The first-order chi connectivity index (χ1) is 13.4. The van der Waals surface area contributed by atoms with Crippen LogP contribution in [0.2, 0.25) is 0 Å². The first-order valence-electron chi connectivity index (χ1n) is 9.30. The van der Waals surface area contributed by atoms with Crippen LogP contribution in [-0.4, -0.2) is 50.3 Å². The van der Waals surface area contributed by atoms with Gasteiger partial charge < -0.3 is 14.6 Å². The van der Waals surface area contributed by atoms with E-state index in [9.17, 15) is 14.7 Å². The fourth-order valence-electron chi connectivity index (χ4n) is 2.62. The Morgan fingerprint density at radius 3 is 2.64 bits per heavy atom.